The molecule has 0 atom stereocenters. The summed E-state index contributed by atoms with van der Waals surface area (Å²) in [5.41, 5.74) is 1.18. The van der Waals surface area contributed by atoms with Crippen LogP contribution in [0.15, 0.2) is 0 Å². The number of hydrogen-bond donors (Lipinski definition) is 1. The zero-order chi connectivity index (χ0) is 10.8. The van der Waals surface area contributed by atoms with Gasteiger partial charge in [-0.05, 0) is 25.5 Å². The molecule has 0 saturated carbocycles. The third-order valence-corrected chi connectivity index (χ3v) is 3.22. The van der Waals surface area contributed by atoms with Crippen molar-refractivity contribution < 1.29 is 9.90 Å². The van der Waals surface area contributed by atoms with E-state index in [2.05, 4.69) is 9.55 Å². The van der Waals surface area contributed by atoms with Gasteiger partial charge in [0.25, 0.3) is 0 Å². The third kappa shape index (κ3) is 1.88. The molecular weight excluding hydrogens is 212 g/mol. The SMILES string of the molecule is CSCc1nc(C(=O)O)c2n1CCCC2. The Morgan fingerprint density at radius 2 is 2.40 bits per heavy atom. The third-order valence-electron chi connectivity index (χ3n) is 2.67. The summed E-state index contributed by atoms with van der Waals surface area (Å²) in [4.78, 5) is 15.2. The number of aromatic carboxylic acids is 1. The Labute approximate surface area is 92.7 Å². The molecule has 0 spiro atoms. The first-order valence-electron chi connectivity index (χ1n) is 5.04. The zero-order valence-corrected chi connectivity index (χ0v) is 9.51. The van der Waals surface area contributed by atoms with Gasteiger partial charge >= 0.3 is 5.97 Å². The van der Waals surface area contributed by atoms with Gasteiger partial charge < -0.3 is 9.67 Å². The van der Waals surface area contributed by atoms with Crippen LogP contribution < -0.4 is 0 Å². The molecule has 4 nitrogen and oxygen atoms in total. The fourth-order valence-corrected chi connectivity index (χ4v) is 2.51. The minimum absolute atomic E-state index is 0.263. The first kappa shape index (κ1) is 10.5. The van der Waals surface area contributed by atoms with Gasteiger partial charge in [-0.15, -0.1) is 0 Å². The van der Waals surface area contributed by atoms with E-state index in [0.29, 0.717) is 0 Å². The Morgan fingerprint density at radius 1 is 1.60 bits per heavy atom. The lowest BCUT2D eigenvalue weighted by Gasteiger charge is -2.16. The van der Waals surface area contributed by atoms with Crippen LogP contribution >= 0.6 is 11.8 Å². The lowest BCUT2D eigenvalue weighted by molar-refractivity contribution is 0.0689. The van der Waals surface area contributed by atoms with Gasteiger partial charge in [0.1, 0.15) is 5.82 Å². The van der Waals surface area contributed by atoms with Crippen molar-refractivity contribution in [3.63, 3.8) is 0 Å². The highest BCUT2D eigenvalue weighted by molar-refractivity contribution is 7.97. The highest BCUT2D eigenvalue weighted by Crippen LogP contribution is 2.22. The first-order valence-corrected chi connectivity index (χ1v) is 6.44. The average Bonchev–Trinajstić information content (AvgIpc) is 2.59. The smallest absolute Gasteiger partial charge is 0.356 e. The number of carbonyl (C=O) groups is 1. The van der Waals surface area contributed by atoms with Crippen molar-refractivity contribution in [2.45, 2.75) is 31.6 Å². The molecular formula is C10H14N2O2S. The van der Waals surface area contributed by atoms with E-state index in [0.717, 1.165) is 43.1 Å². The zero-order valence-electron chi connectivity index (χ0n) is 8.69. The summed E-state index contributed by atoms with van der Waals surface area (Å²) in [6.45, 7) is 0.922. The lowest BCUT2D eigenvalue weighted by atomic mass is 10.1. The average molecular weight is 226 g/mol. The largest absolute Gasteiger partial charge is 0.476 e. The Balaban J connectivity index is 2.44. The molecule has 5 heteroatoms. The number of rotatable bonds is 3. The Bertz CT molecular complexity index is 387. The molecule has 1 N–H and O–H groups in total. The van der Waals surface area contributed by atoms with Crippen molar-refractivity contribution >= 4 is 17.7 Å². The van der Waals surface area contributed by atoms with Crippen LogP contribution in [0.5, 0.6) is 0 Å². The maximum Gasteiger partial charge on any atom is 0.356 e. The maximum absolute atomic E-state index is 11.0. The number of carboxylic acid groups (broad SMARTS) is 1. The molecule has 0 amide bonds. The van der Waals surface area contributed by atoms with Crippen LogP contribution in [0.2, 0.25) is 0 Å². The normalized spacial score (nSPS) is 15.0. The van der Waals surface area contributed by atoms with Gasteiger partial charge in [0.15, 0.2) is 5.69 Å². The van der Waals surface area contributed by atoms with Crippen molar-refractivity contribution in [2.75, 3.05) is 6.26 Å². The monoisotopic (exact) mass is 226 g/mol. The Hall–Kier alpha value is -0.970. The summed E-state index contributed by atoms with van der Waals surface area (Å²) in [5, 5.41) is 9.04. The van der Waals surface area contributed by atoms with Gasteiger partial charge in [0.2, 0.25) is 0 Å². The summed E-state index contributed by atoms with van der Waals surface area (Å²) in [5.74, 6) is 0.808. The van der Waals surface area contributed by atoms with E-state index in [1.807, 2.05) is 6.26 Å². The number of carboxylic acids is 1. The summed E-state index contributed by atoms with van der Waals surface area (Å²) in [6, 6.07) is 0. The first-order chi connectivity index (χ1) is 7.24. The second kappa shape index (κ2) is 4.26. The van der Waals surface area contributed by atoms with Crippen LogP contribution in [0.3, 0.4) is 0 Å². The van der Waals surface area contributed by atoms with E-state index in [-0.39, 0.29) is 5.69 Å². The van der Waals surface area contributed by atoms with Gasteiger partial charge in [-0.3, -0.25) is 0 Å². The summed E-state index contributed by atoms with van der Waals surface area (Å²) in [6.07, 6.45) is 5.06. The van der Waals surface area contributed by atoms with Crippen LogP contribution in [0.25, 0.3) is 0 Å². The summed E-state index contributed by atoms with van der Waals surface area (Å²) >= 11 is 1.68. The minimum Gasteiger partial charge on any atom is -0.476 e. The highest BCUT2D eigenvalue weighted by Gasteiger charge is 2.23. The van der Waals surface area contributed by atoms with Crippen LogP contribution in [0, 0.1) is 0 Å². The summed E-state index contributed by atoms with van der Waals surface area (Å²) < 4.78 is 2.09. The maximum atomic E-state index is 11.0. The molecule has 0 unspecified atom stereocenters. The summed E-state index contributed by atoms with van der Waals surface area (Å²) in [7, 11) is 0. The number of aromatic nitrogens is 2. The van der Waals surface area contributed by atoms with Crippen molar-refractivity contribution in [3.8, 4) is 0 Å². The Kier molecular flexibility index (Phi) is 3.00. The molecule has 0 saturated heterocycles. The van der Waals surface area contributed by atoms with Gasteiger partial charge in [-0.25, -0.2) is 9.78 Å². The molecule has 2 heterocycles. The van der Waals surface area contributed by atoms with E-state index in [1.165, 1.54) is 0 Å². The molecule has 15 heavy (non-hydrogen) atoms. The van der Waals surface area contributed by atoms with E-state index in [9.17, 15) is 4.79 Å². The number of hydrogen-bond acceptors (Lipinski definition) is 3. The number of imidazole rings is 1. The van der Waals surface area contributed by atoms with E-state index < -0.39 is 5.97 Å². The van der Waals surface area contributed by atoms with Gasteiger partial charge in [0.05, 0.1) is 11.4 Å². The fraction of sp³-hybridized carbons (Fsp3) is 0.600. The molecule has 1 aromatic heterocycles. The molecule has 0 bridgehead atoms. The molecule has 0 aliphatic carbocycles. The van der Waals surface area contributed by atoms with Gasteiger partial charge in [-0.1, -0.05) is 0 Å². The molecule has 1 aliphatic rings. The number of nitrogens with zero attached hydrogens (tertiary/aromatic N) is 2. The van der Waals surface area contributed by atoms with Crippen LogP contribution in [-0.2, 0) is 18.7 Å². The molecule has 0 aromatic carbocycles. The minimum atomic E-state index is -0.895. The second-order valence-corrected chi connectivity index (χ2v) is 4.54. The highest BCUT2D eigenvalue weighted by atomic mass is 32.2. The predicted octanol–water partition coefficient (Wildman–Crippen LogP) is 1.78. The van der Waals surface area contributed by atoms with Gasteiger partial charge in [0, 0.05) is 6.54 Å². The van der Waals surface area contributed by atoms with Crippen molar-refractivity contribution in [2.24, 2.45) is 0 Å². The van der Waals surface area contributed by atoms with Crippen LogP contribution in [-0.4, -0.2) is 26.9 Å². The molecule has 0 fully saturated rings. The molecule has 1 aromatic rings. The quantitative estimate of drug-likeness (QED) is 0.853. The molecule has 2 rings (SSSR count). The van der Waals surface area contributed by atoms with Crippen molar-refractivity contribution in [1.82, 2.24) is 9.55 Å². The fourth-order valence-electron chi connectivity index (χ4n) is 2.03. The molecule has 82 valence electrons. The number of thioether (sulfide) groups is 1. The molecule has 0 radical (unpaired) electrons. The second-order valence-electron chi connectivity index (χ2n) is 3.67. The molecule has 1 aliphatic heterocycles. The van der Waals surface area contributed by atoms with Gasteiger partial charge in [-0.2, -0.15) is 11.8 Å². The Morgan fingerprint density at radius 3 is 3.07 bits per heavy atom. The van der Waals surface area contributed by atoms with Crippen molar-refractivity contribution in [3.05, 3.63) is 17.2 Å². The van der Waals surface area contributed by atoms with Crippen LogP contribution in [0.1, 0.15) is 34.8 Å². The van der Waals surface area contributed by atoms with E-state index in [4.69, 9.17) is 5.11 Å². The predicted molar refractivity (Wildman–Crippen MR) is 59.3 cm³/mol. The van der Waals surface area contributed by atoms with Crippen molar-refractivity contribution in [1.29, 1.82) is 0 Å². The van der Waals surface area contributed by atoms with E-state index in [1.54, 1.807) is 11.8 Å². The topological polar surface area (TPSA) is 55.1 Å². The van der Waals surface area contributed by atoms with Crippen LogP contribution in [0.4, 0.5) is 0 Å². The van der Waals surface area contributed by atoms with E-state index >= 15 is 0 Å². The number of fused-ring (bicyclic) bond motifs is 1. The standard InChI is InChI=1S/C10H14N2O2S/c1-15-6-8-11-9(10(13)14)7-4-2-3-5-12(7)8/h2-6H2,1H3,(H,13,14). The lowest BCUT2D eigenvalue weighted by Crippen LogP contribution is -2.14.